The Morgan fingerprint density at radius 3 is 2.26 bits per heavy atom. The number of benzene rings is 1. The molecule has 2 aromatic heterocycles. The predicted octanol–water partition coefficient (Wildman–Crippen LogP) is 9.34. The van der Waals surface area contributed by atoms with Crippen LogP contribution in [0.5, 0.6) is 0 Å². The van der Waals surface area contributed by atoms with Gasteiger partial charge in [0.15, 0.2) is 5.13 Å². The van der Waals surface area contributed by atoms with Gasteiger partial charge in [0.2, 0.25) is 0 Å². The topological polar surface area (TPSA) is 47.0 Å². The van der Waals surface area contributed by atoms with Crippen molar-refractivity contribution in [2.45, 2.75) is 87.1 Å². The molecule has 1 atom stereocenters. The first kappa shape index (κ1) is 32.8. The Balaban J connectivity index is 0.000000747. The highest BCUT2D eigenvalue weighted by atomic mass is 32.1. The lowest BCUT2D eigenvalue weighted by atomic mass is 10.0. The molecule has 0 spiro atoms. The normalized spacial score (nSPS) is 10.8. The lowest BCUT2D eigenvalue weighted by Crippen LogP contribution is -2.09. The maximum absolute atomic E-state index is 4.82. The van der Waals surface area contributed by atoms with Crippen LogP contribution in [0.25, 0.3) is 22.3 Å². The highest BCUT2D eigenvalue weighted by Crippen LogP contribution is 2.28. The minimum absolute atomic E-state index is 0.386. The van der Waals surface area contributed by atoms with Gasteiger partial charge in [-0.1, -0.05) is 65.7 Å². The molecule has 0 aliphatic carbocycles. The second-order valence-corrected chi connectivity index (χ2v) is 9.49. The third-order valence-corrected chi connectivity index (χ3v) is 5.86. The fourth-order valence-electron chi connectivity index (χ4n) is 3.15. The average molecular weight is 500 g/mol. The number of aryl methyl sites for hydroxylation is 2. The molecule has 0 radical (unpaired) electrons. The highest BCUT2D eigenvalue weighted by molar-refractivity contribution is 7.14. The van der Waals surface area contributed by atoms with Gasteiger partial charge < -0.3 is 10.1 Å². The van der Waals surface area contributed by atoms with Gasteiger partial charge in [0.25, 0.3) is 0 Å². The van der Waals surface area contributed by atoms with Gasteiger partial charge in [-0.15, -0.1) is 17.9 Å². The molecule has 0 fully saturated rings. The first-order chi connectivity index (χ1) is 16.8. The van der Waals surface area contributed by atoms with Crippen molar-refractivity contribution in [3.05, 3.63) is 53.4 Å². The molecule has 5 heteroatoms. The second kappa shape index (κ2) is 19.0. The number of hydrogen-bond donors (Lipinski definition) is 1. The Hall–Kier alpha value is -2.24. The summed E-state index contributed by atoms with van der Waals surface area (Å²) >= 11 is 1.63. The Labute approximate surface area is 219 Å². The number of fused-ring (bicyclic) bond motifs is 1. The van der Waals surface area contributed by atoms with Crippen LogP contribution in [-0.2, 0) is 11.2 Å². The number of unbranched alkanes of at least 4 members (excludes halogenated alkanes) is 1. The van der Waals surface area contributed by atoms with Crippen molar-refractivity contribution >= 4 is 27.4 Å². The van der Waals surface area contributed by atoms with Crippen LogP contribution >= 0.6 is 11.3 Å². The first-order valence-electron chi connectivity index (χ1n) is 12.9. The van der Waals surface area contributed by atoms with Crippen molar-refractivity contribution in [3.63, 3.8) is 0 Å². The van der Waals surface area contributed by atoms with Gasteiger partial charge in [0, 0.05) is 31.0 Å². The number of thiazole rings is 1. The van der Waals surface area contributed by atoms with Crippen LogP contribution in [0.2, 0.25) is 0 Å². The molecule has 3 aromatic rings. The Morgan fingerprint density at radius 1 is 1.06 bits per heavy atom. The van der Waals surface area contributed by atoms with E-state index in [4.69, 9.17) is 4.98 Å². The first-order valence-corrected chi connectivity index (χ1v) is 13.8. The minimum Gasteiger partial charge on any atom is -0.388 e. The molecule has 1 aromatic carbocycles. The number of rotatable bonds is 8. The molecule has 1 unspecified atom stereocenters. The molecular weight excluding hydrogens is 450 g/mol. The summed E-state index contributed by atoms with van der Waals surface area (Å²) in [6.45, 7) is 20.7. The van der Waals surface area contributed by atoms with Crippen LogP contribution in [0.15, 0.2) is 42.3 Å². The third-order valence-electron chi connectivity index (χ3n) is 5.08. The molecule has 2 heterocycles. The fraction of sp³-hybridized carbons (Fsp3) is 0.533. The smallest absolute Gasteiger partial charge is 0.183 e. The molecule has 0 saturated carbocycles. The zero-order chi connectivity index (χ0) is 26.8. The number of aromatic nitrogens is 2. The zero-order valence-electron chi connectivity index (χ0n) is 23.9. The monoisotopic (exact) mass is 499 g/mol. The van der Waals surface area contributed by atoms with Crippen molar-refractivity contribution in [2.75, 3.05) is 19.5 Å². The van der Waals surface area contributed by atoms with Gasteiger partial charge in [0.05, 0.1) is 11.2 Å². The summed E-state index contributed by atoms with van der Waals surface area (Å²) in [5.41, 5.74) is 5.51. The number of pyridine rings is 1. The number of nitrogens with one attached hydrogen (secondary N) is 1. The van der Waals surface area contributed by atoms with Crippen LogP contribution in [0, 0.1) is 12.8 Å². The number of hydrogen-bond acceptors (Lipinski definition) is 5. The maximum atomic E-state index is 4.82. The fourth-order valence-corrected chi connectivity index (χ4v) is 4.00. The van der Waals surface area contributed by atoms with Gasteiger partial charge in [-0.25, -0.2) is 9.97 Å². The number of ether oxygens (including phenoxy) is 1. The number of nitrogens with zero attached hydrogens (tertiary/aromatic N) is 2. The van der Waals surface area contributed by atoms with Gasteiger partial charge in [0.1, 0.15) is 5.69 Å². The maximum Gasteiger partial charge on any atom is 0.183 e. The Morgan fingerprint density at radius 2 is 1.71 bits per heavy atom. The molecule has 196 valence electrons. The van der Waals surface area contributed by atoms with Gasteiger partial charge in [-0.2, -0.15) is 0 Å². The van der Waals surface area contributed by atoms with Crippen LogP contribution in [0.4, 0.5) is 5.13 Å². The lowest BCUT2D eigenvalue weighted by Gasteiger charge is -2.07. The molecule has 35 heavy (non-hydrogen) atoms. The van der Waals surface area contributed by atoms with E-state index in [1.54, 1.807) is 25.6 Å². The molecule has 0 bridgehead atoms. The van der Waals surface area contributed by atoms with Gasteiger partial charge in [-0.3, -0.25) is 0 Å². The van der Waals surface area contributed by atoms with Crippen molar-refractivity contribution < 1.29 is 4.74 Å². The second-order valence-electron chi connectivity index (χ2n) is 8.63. The molecule has 3 rings (SSSR count). The van der Waals surface area contributed by atoms with Crippen LogP contribution in [0.1, 0.15) is 78.9 Å². The summed E-state index contributed by atoms with van der Waals surface area (Å²) in [4.78, 5) is 9.48. The quantitative estimate of drug-likeness (QED) is 0.314. The van der Waals surface area contributed by atoms with Gasteiger partial charge in [-0.05, 0) is 62.8 Å². The van der Waals surface area contributed by atoms with E-state index in [1.807, 2.05) is 19.9 Å². The van der Waals surface area contributed by atoms with Gasteiger partial charge >= 0.3 is 0 Å². The molecule has 4 nitrogen and oxygen atoms in total. The number of methoxy groups -OCH3 is 1. The van der Waals surface area contributed by atoms with Crippen LogP contribution in [0.3, 0.4) is 0 Å². The summed E-state index contributed by atoms with van der Waals surface area (Å²) in [5.74, 6) is 0.718. The van der Waals surface area contributed by atoms with E-state index in [2.05, 4.69) is 92.8 Å². The van der Waals surface area contributed by atoms with Crippen LogP contribution in [-0.4, -0.2) is 30.2 Å². The summed E-state index contributed by atoms with van der Waals surface area (Å²) in [6, 6.07) is 9.06. The molecule has 0 aliphatic rings. The van der Waals surface area contributed by atoms with Crippen molar-refractivity contribution in [1.29, 1.82) is 0 Å². The third kappa shape index (κ3) is 12.3. The standard InChI is InChI=1S/C18H21N3S.C8H16.C2H6O.C2H6/c1-5-13-6-7-14-12(4)8-16(20-15(14)9-13)17-10-22-18(21-17)19-11(2)3;1-4-6-7-8(3)5-2;1-3-2;1-2/h6-11H,5H2,1-4H3,(H,19,21);5,8H,2,4,6-7H2,1,3H3;1-2H3;1-2H3. The Bertz CT molecular complexity index is 965. The predicted molar refractivity (Wildman–Crippen MR) is 159 cm³/mol. The van der Waals surface area contributed by atoms with E-state index < -0.39 is 0 Å². The SMILES string of the molecule is C=CC(C)CCCC.CC.CCc1ccc2c(C)cc(-c3csc(NC(C)C)n3)nc2c1.COC. The molecule has 0 aliphatic heterocycles. The lowest BCUT2D eigenvalue weighted by molar-refractivity contribution is 0.277. The van der Waals surface area contributed by atoms with E-state index >= 15 is 0 Å². The molecular formula is C30H49N3OS. The van der Waals surface area contributed by atoms with Crippen molar-refractivity contribution in [1.82, 2.24) is 9.97 Å². The van der Waals surface area contributed by atoms with E-state index in [0.717, 1.165) is 34.4 Å². The van der Waals surface area contributed by atoms with Crippen molar-refractivity contribution in [2.24, 2.45) is 5.92 Å². The minimum atomic E-state index is 0.386. The highest BCUT2D eigenvalue weighted by Gasteiger charge is 2.10. The summed E-state index contributed by atoms with van der Waals surface area (Å²) in [6.07, 6.45) is 7.00. The van der Waals surface area contributed by atoms with E-state index in [-0.39, 0.29) is 0 Å². The summed E-state index contributed by atoms with van der Waals surface area (Å²) in [7, 11) is 3.25. The molecule has 1 N–H and O–H groups in total. The largest absolute Gasteiger partial charge is 0.388 e. The molecule has 0 saturated heterocycles. The van der Waals surface area contributed by atoms with Crippen LogP contribution < -0.4 is 5.32 Å². The number of allylic oxidation sites excluding steroid dienone is 1. The zero-order valence-corrected chi connectivity index (χ0v) is 24.7. The number of anilines is 1. The van der Waals surface area contributed by atoms with E-state index in [9.17, 15) is 0 Å². The van der Waals surface area contributed by atoms with E-state index in [0.29, 0.717) is 6.04 Å². The summed E-state index contributed by atoms with van der Waals surface area (Å²) < 4.78 is 4.25. The van der Waals surface area contributed by atoms with E-state index in [1.165, 1.54) is 35.8 Å². The molecule has 0 amide bonds. The Kier molecular flexibility index (Phi) is 17.8. The average Bonchev–Trinajstić information content (AvgIpc) is 3.32. The van der Waals surface area contributed by atoms with Crippen molar-refractivity contribution in [3.8, 4) is 11.4 Å². The summed E-state index contributed by atoms with van der Waals surface area (Å²) in [5, 5.41) is 7.59.